The maximum absolute atomic E-state index is 11.3. The summed E-state index contributed by atoms with van der Waals surface area (Å²) in [6.07, 6.45) is 6.63. The van der Waals surface area contributed by atoms with Crippen molar-refractivity contribution >= 4 is 12.2 Å². The zero-order valence-electron chi connectivity index (χ0n) is 8.00. The number of carbonyl (C=O) groups is 1. The van der Waals surface area contributed by atoms with E-state index in [2.05, 4.69) is 9.98 Å². The Kier molecular flexibility index (Phi) is 2.33. The molecular formula is C11H10N2O2. The fourth-order valence-electron chi connectivity index (χ4n) is 1.58. The summed E-state index contributed by atoms with van der Waals surface area (Å²) >= 11 is 0. The van der Waals surface area contributed by atoms with Gasteiger partial charge in [0.25, 0.3) is 0 Å². The molecule has 1 aliphatic rings. The standard InChI is InChI=1S/C11H10N2O2/c14-10(15)11(4-7-12-8-5-11)9-3-1-2-6-13-9/h1-4,6-8H,5H2,(H,14,15). The Morgan fingerprint density at radius 2 is 2.33 bits per heavy atom. The molecule has 1 aromatic rings. The average molecular weight is 202 g/mol. The van der Waals surface area contributed by atoms with Gasteiger partial charge in [0, 0.05) is 25.0 Å². The van der Waals surface area contributed by atoms with Crippen LogP contribution in [0.25, 0.3) is 0 Å². The van der Waals surface area contributed by atoms with E-state index in [4.69, 9.17) is 0 Å². The molecule has 2 heterocycles. The molecule has 4 nitrogen and oxygen atoms in total. The summed E-state index contributed by atoms with van der Waals surface area (Å²) in [5, 5.41) is 9.29. The first-order valence-corrected chi connectivity index (χ1v) is 4.60. The number of carboxylic acids is 1. The van der Waals surface area contributed by atoms with Crippen molar-refractivity contribution in [3.8, 4) is 0 Å². The van der Waals surface area contributed by atoms with Gasteiger partial charge in [-0.1, -0.05) is 6.07 Å². The van der Waals surface area contributed by atoms with Crippen molar-refractivity contribution in [3.05, 3.63) is 42.4 Å². The number of hydrogen-bond acceptors (Lipinski definition) is 3. The van der Waals surface area contributed by atoms with Crippen LogP contribution < -0.4 is 0 Å². The van der Waals surface area contributed by atoms with Gasteiger partial charge in [-0.2, -0.15) is 0 Å². The molecule has 4 heteroatoms. The minimum absolute atomic E-state index is 0.343. The Morgan fingerprint density at radius 1 is 1.47 bits per heavy atom. The molecule has 0 spiro atoms. The first kappa shape index (κ1) is 9.58. The Morgan fingerprint density at radius 3 is 2.87 bits per heavy atom. The number of pyridine rings is 1. The second kappa shape index (κ2) is 3.65. The van der Waals surface area contributed by atoms with Gasteiger partial charge in [-0.25, -0.2) is 0 Å². The summed E-state index contributed by atoms with van der Waals surface area (Å²) in [7, 11) is 0. The Bertz CT molecular complexity index is 425. The van der Waals surface area contributed by atoms with Gasteiger partial charge < -0.3 is 5.11 Å². The van der Waals surface area contributed by atoms with Gasteiger partial charge in [-0.15, -0.1) is 0 Å². The third-order valence-corrected chi connectivity index (χ3v) is 2.47. The maximum atomic E-state index is 11.3. The molecule has 1 unspecified atom stereocenters. The summed E-state index contributed by atoms with van der Waals surface area (Å²) < 4.78 is 0. The van der Waals surface area contributed by atoms with Gasteiger partial charge in [0.1, 0.15) is 5.41 Å². The lowest BCUT2D eigenvalue weighted by Crippen LogP contribution is -2.36. The molecule has 0 amide bonds. The van der Waals surface area contributed by atoms with Crippen LogP contribution in [0.5, 0.6) is 0 Å². The quantitative estimate of drug-likeness (QED) is 0.788. The molecule has 0 radical (unpaired) electrons. The number of nitrogens with zero attached hydrogens (tertiary/aromatic N) is 2. The Balaban J connectivity index is 2.49. The summed E-state index contributed by atoms with van der Waals surface area (Å²) in [4.78, 5) is 19.3. The van der Waals surface area contributed by atoms with E-state index in [1.807, 2.05) is 0 Å². The van der Waals surface area contributed by atoms with E-state index in [1.54, 1.807) is 36.7 Å². The number of aliphatic imine (C=N–C) groups is 1. The molecule has 2 rings (SSSR count). The summed E-state index contributed by atoms with van der Waals surface area (Å²) in [6, 6.07) is 5.27. The minimum atomic E-state index is -1.05. The molecule has 0 fully saturated rings. The fraction of sp³-hybridized carbons (Fsp3) is 0.182. The normalized spacial score (nSPS) is 24.0. The van der Waals surface area contributed by atoms with Crippen molar-refractivity contribution in [1.29, 1.82) is 0 Å². The highest BCUT2D eigenvalue weighted by atomic mass is 16.4. The molecule has 1 N–H and O–H groups in total. The van der Waals surface area contributed by atoms with Crippen LogP contribution in [-0.4, -0.2) is 22.3 Å². The largest absolute Gasteiger partial charge is 0.480 e. The van der Waals surface area contributed by atoms with Gasteiger partial charge in [-0.05, 0) is 18.2 Å². The SMILES string of the molecule is O=C(O)C1(c2ccccn2)C=CN=CC1. The number of hydrogen-bond donors (Lipinski definition) is 1. The van der Waals surface area contributed by atoms with Crippen molar-refractivity contribution in [2.24, 2.45) is 4.99 Å². The molecule has 15 heavy (non-hydrogen) atoms. The van der Waals surface area contributed by atoms with Crippen LogP contribution in [0, 0.1) is 0 Å². The molecule has 1 atom stereocenters. The maximum Gasteiger partial charge on any atom is 0.320 e. The van der Waals surface area contributed by atoms with E-state index in [-0.39, 0.29) is 0 Å². The van der Waals surface area contributed by atoms with Crippen LogP contribution >= 0.6 is 0 Å². The van der Waals surface area contributed by atoms with E-state index in [0.29, 0.717) is 12.1 Å². The number of rotatable bonds is 2. The molecule has 1 aromatic heterocycles. The van der Waals surface area contributed by atoms with E-state index < -0.39 is 11.4 Å². The average Bonchev–Trinajstić information content (AvgIpc) is 2.31. The van der Waals surface area contributed by atoms with Crippen molar-refractivity contribution < 1.29 is 9.90 Å². The smallest absolute Gasteiger partial charge is 0.320 e. The van der Waals surface area contributed by atoms with E-state index >= 15 is 0 Å². The second-order valence-corrected chi connectivity index (χ2v) is 3.34. The first-order chi connectivity index (χ1) is 7.26. The highest BCUT2D eigenvalue weighted by Crippen LogP contribution is 2.29. The highest BCUT2D eigenvalue weighted by Gasteiger charge is 2.39. The van der Waals surface area contributed by atoms with E-state index in [0.717, 1.165) is 0 Å². The van der Waals surface area contributed by atoms with Crippen molar-refractivity contribution in [3.63, 3.8) is 0 Å². The molecule has 0 saturated heterocycles. The predicted octanol–water partition coefficient (Wildman–Crippen LogP) is 1.39. The molecule has 76 valence electrons. The van der Waals surface area contributed by atoms with Crippen LogP contribution in [0.2, 0.25) is 0 Å². The zero-order chi connectivity index (χ0) is 10.7. The van der Waals surface area contributed by atoms with Crippen LogP contribution in [0.4, 0.5) is 0 Å². The second-order valence-electron chi connectivity index (χ2n) is 3.34. The third kappa shape index (κ3) is 1.54. The predicted molar refractivity (Wildman–Crippen MR) is 55.8 cm³/mol. The molecule has 0 aromatic carbocycles. The summed E-state index contributed by atoms with van der Waals surface area (Å²) in [6.45, 7) is 0. The van der Waals surface area contributed by atoms with Gasteiger partial charge in [-0.3, -0.25) is 14.8 Å². The van der Waals surface area contributed by atoms with Crippen LogP contribution in [0.3, 0.4) is 0 Å². The van der Waals surface area contributed by atoms with Crippen LogP contribution in [-0.2, 0) is 10.2 Å². The summed E-state index contributed by atoms with van der Waals surface area (Å²) in [5.74, 6) is -0.899. The van der Waals surface area contributed by atoms with Gasteiger partial charge in [0.05, 0.1) is 5.69 Å². The number of aliphatic carboxylic acids is 1. The van der Waals surface area contributed by atoms with Crippen molar-refractivity contribution in [2.45, 2.75) is 11.8 Å². The highest BCUT2D eigenvalue weighted by molar-refractivity contribution is 5.88. The Labute approximate surface area is 87.0 Å². The molecular weight excluding hydrogens is 192 g/mol. The van der Waals surface area contributed by atoms with Gasteiger partial charge in [0.15, 0.2) is 0 Å². The van der Waals surface area contributed by atoms with Crippen molar-refractivity contribution in [1.82, 2.24) is 4.98 Å². The van der Waals surface area contributed by atoms with Gasteiger partial charge in [0.2, 0.25) is 0 Å². The lowest BCUT2D eigenvalue weighted by atomic mass is 9.80. The minimum Gasteiger partial charge on any atom is -0.480 e. The molecule has 0 aliphatic carbocycles. The topological polar surface area (TPSA) is 62.5 Å². The number of carboxylic acid groups (broad SMARTS) is 1. The lowest BCUT2D eigenvalue weighted by molar-refractivity contribution is -0.141. The van der Waals surface area contributed by atoms with E-state index in [1.165, 1.54) is 6.20 Å². The molecule has 0 bridgehead atoms. The lowest BCUT2D eigenvalue weighted by Gasteiger charge is -2.24. The Hall–Kier alpha value is -1.97. The van der Waals surface area contributed by atoms with Crippen LogP contribution in [0.1, 0.15) is 12.1 Å². The third-order valence-electron chi connectivity index (χ3n) is 2.47. The number of aromatic nitrogens is 1. The van der Waals surface area contributed by atoms with Crippen LogP contribution in [0.15, 0.2) is 41.7 Å². The monoisotopic (exact) mass is 202 g/mol. The molecule has 1 aliphatic heterocycles. The summed E-state index contributed by atoms with van der Waals surface area (Å²) in [5.41, 5.74) is -0.511. The first-order valence-electron chi connectivity index (χ1n) is 4.60. The van der Waals surface area contributed by atoms with Crippen molar-refractivity contribution in [2.75, 3.05) is 0 Å². The fourth-order valence-corrected chi connectivity index (χ4v) is 1.58. The zero-order valence-corrected chi connectivity index (χ0v) is 8.00. The molecule has 0 saturated carbocycles. The van der Waals surface area contributed by atoms with Gasteiger partial charge >= 0.3 is 5.97 Å². The van der Waals surface area contributed by atoms with E-state index in [9.17, 15) is 9.90 Å².